The van der Waals surface area contributed by atoms with Crippen LogP contribution in [0.2, 0.25) is 0 Å². The maximum Gasteiger partial charge on any atom is 0.100 e. The van der Waals surface area contributed by atoms with Crippen molar-refractivity contribution in [2.24, 2.45) is 17.6 Å². The molecule has 2 nitrogen and oxygen atoms in total. The number of nitrogens with one attached hydrogen (secondary N) is 1. The van der Waals surface area contributed by atoms with E-state index in [9.17, 15) is 4.39 Å². The van der Waals surface area contributed by atoms with Crippen LogP contribution in [0.15, 0.2) is 0 Å². The van der Waals surface area contributed by atoms with Crippen molar-refractivity contribution in [1.29, 1.82) is 0 Å². The van der Waals surface area contributed by atoms with Crippen LogP contribution in [0, 0.1) is 11.8 Å². The highest BCUT2D eigenvalue weighted by Gasteiger charge is 2.28. The monoisotopic (exact) mass is 174 g/mol. The molecule has 0 aliphatic carbocycles. The normalized spacial score (nSPS) is 28.8. The van der Waals surface area contributed by atoms with E-state index in [0.29, 0.717) is 12.5 Å². The number of alkyl halides is 1. The summed E-state index contributed by atoms with van der Waals surface area (Å²) in [6.45, 7) is 4.27. The first-order valence-electron chi connectivity index (χ1n) is 4.80. The first kappa shape index (κ1) is 9.93. The highest BCUT2D eigenvalue weighted by molar-refractivity contribution is 4.81. The molecule has 3 unspecified atom stereocenters. The largest absolute Gasteiger partial charge is 0.330 e. The zero-order chi connectivity index (χ0) is 8.97. The van der Waals surface area contributed by atoms with Crippen molar-refractivity contribution < 1.29 is 4.39 Å². The third kappa shape index (κ3) is 2.42. The first-order chi connectivity index (χ1) is 5.75. The summed E-state index contributed by atoms with van der Waals surface area (Å²) in [5.74, 6) is 0.679. The minimum Gasteiger partial charge on any atom is -0.330 e. The molecule has 12 heavy (non-hydrogen) atoms. The Morgan fingerprint density at radius 1 is 1.67 bits per heavy atom. The third-order valence-corrected chi connectivity index (χ3v) is 2.79. The van der Waals surface area contributed by atoms with Gasteiger partial charge in [-0.05, 0) is 51.2 Å². The second kappa shape index (κ2) is 4.77. The summed E-state index contributed by atoms with van der Waals surface area (Å²) in [7, 11) is 0. The second-order valence-electron chi connectivity index (χ2n) is 3.67. The molecule has 3 N–H and O–H groups in total. The summed E-state index contributed by atoms with van der Waals surface area (Å²) < 4.78 is 13.1. The lowest BCUT2D eigenvalue weighted by molar-refractivity contribution is 0.179. The van der Waals surface area contributed by atoms with E-state index in [2.05, 4.69) is 5.32 Å². The van der Waals surface area contributed by atoms with Gasteiger partial charge >= 0.3 is 0 Å². The standard InChI is InChI=1S/C9H19FN2/c1-7(10)9(2-4-11)8-3-5-12-6-8/h7-9,12H,2-6,11H2,1H3. The van der Waals surface area contributed by atoms with Gasteiger partial charge in [0.1, 0.15) is 6.17 Å². The van der Waals surface area contributed by atoms with Gasteiger partial charge < -0.3 is 11.1 Å². The number of hydrogen-bond acceptors (Lipinski definition) is 2. The zero-order valence-corrected chi connectivity index (χ0v) is 7.72. The van der Waals surface area contributed by atoms with Crippen molar-refractivity contribution in [2.45, 2.75) is 25.9 Å². The summed E-state index contributed by atoms with van der Waals surface area (Å²) in [5.41, 5.74) is 5.45. The molecule has 0 radical (unpaired) electrons. The minimum atomic E-state index is -0.710. The van der Waals surface area contributed by atoms with Gasteiger partial charge in [0.25, 0.3) is 0 Å². The van der Waals surface area contributed by atoms with Crippen molar-refractivity contribution in [2.75, 3.05) is 19.6 Å². The summed E-state index contributed by atoms with van der Waals surface area (Å²) in [4.78, 5) is 0. The lowest BCUT2D eigenvalue weighted by atomic mass is 9.85. The van der Waals surface area contributed by atoms with Gasteiger partial charge in [0.15, 0.2) is 0 Å². The average Bonchev–Trinajstić information content (AvgIpc) is 2.51. The molecular formula is C9H19FN2. The lowest BCUT2D eigenvalue weighted by Gasteiger charge is -2.23. The van der Waals surface area contributed by atoms with Gasteiger partial charge in [-0.25, -0.2) is 4.39 Å². The van der Waals surface area contributed by atoms with Crippen LogP contribution >= 0.6 is 0 Å². The Bertz CT molecular complexity index is 122. The second-order valence-corrected chi connectivity index (χ2v) is 3.67. The van der Waals surface area contributed by atoms with Crippen LogP contribution < -0.4 is 11.1 Å². The Balaban J connectivity index is 2.40. The summed E-state index contributed by atoms with van der Waals surface area (Å²) >= 11 is 0. The third-order valence-electron chi connectivity index (χ3n) is 2.79. The van der Waals surface area contributed by atoms with Crippen LogP contribution in [-0.2, 0) is 0 Å². The lowest BCUT2D eigenvalue weighted by Crippen LogP contribution is -2.27. The fourth-order valence-corrected chi connectivity index (χ4v) is 2.08. The maximum atomic E-state index is 13.1. The number of hydrogen-bond donors (Lipinski definition) is 2. The Kier molecular flexibility index (Phi) is 3.95. The van der Waals surface area contributed by atoms with Crippen molar-refractivity contribution in [3.05, 3.63) is 0 Å². The van der Waals surface area contributed by atoms with Crippen LogP contribution in [0.25, 0.3) is 0 Å². The average molecular weight is 174 g/mol. The zero-order valence-electron chi connectivity index (χ0n) is 7.72. The molecule has 1 fully saturated rings. The fourth-order valence-electron chi connectivity index (χ4n) is 2.08. The highest BCUT2D eigenvalue weighted by atomic mass is 19.1. The Morgan fingerprint density at radius 2 is 2.42 bits per heavy atom. The van der Waals surface area contributed by atoms with Crippen molar-refractivity contribution in [3.63, 3.8) is 0 Å². The Morgan fingerprint density at radius 3 is 2.83 bits per heavy atom. The number of rotatable bonds is 4. The van der Waals surface area contributed by atoms with E-state index in [4.69, 9.17) is 5.73 Å². The smallest absolute Gasteiger partial charge is 0.100 e. The van der Waals surface area contributed by atoms with Crippen LogP contribution in [0.4, 0.5) is 4.39 Å². The van der Waals surface area contributed by atoms with Crippen molar-refractivity contribution in [1.82, 2.24) is 5.32 Å². The molecule has 72 valence electrons. The van der Waals surface area contributed by atoms with Gasteiger partial charge in [-0.1, -0.05) is 0 Å². The predicted molar refractivity (Wildman–Crippen MR) is 48.7 cm³/mol. The topological polar surface area (TPSA) is 38.0 Å². The summed E-state index contributed by atoms with van der Waals surface area (Å²) in [6, 6.07) is 0. The molecule has 0 aromatic heterocycles. The molecule has 0 saturated carbocycles. The molecule has 0 aromatic carbocycles. The van der Waals surface area contributed by atoms with E-state index in [1.54, 1.807) is 6.92 Å². The molecule has 1 saturated heterocycles. The van der Waals surface area contributed by atoms with E-state index in [-0.39, 0.29) is 5.92 Å². The van der Waals surface area contributed by atoms with Crippen molar-refractivity contribution >= 4 is 0 Å². The van der Waals surface area contributed by atoms with Gasteiger partial charge in [-0.3, -0.25) is 0 Å². The van der Waals surface area contributed by atoms with Gasteiger partial charge in [-0.15, -0.1) is 0 Å². The van der Waals surface area contributed by atoms with Crippen LogP contribution in [0.3, 0.4) is 0 Å². The number of halogens is 1. The molecule has 0 bridgehead atoms. The SMILES string of the molecule is CC(F)C(CCN)C1CCNC1. The van der Waals surface area contributed by atoms with Crippen LogP contribution in [0.1, 0.15) is 19.8 Å². The predicted octanol–water partition coefficient (Wildman–Crippen LogP) is 0.919. The molecule has 0 amide bonds. The maximum absolute atomic E-state index is 13.1. The molecule has 1 rings (SSSR count). The van der Waals surface area contributed by atoms with E-state index in [1.165, 1.54) is 0 Å². The van der Waals surface area contributed by atoms with Crippen molar-refractivity contribution in [3.8, 4) is 0 Å². The van der Waals surface area contributed by atoms with Gasteiger partial charge in [0.05, 0.1) is 0 Å². The molecule has 0 aromatic rings. The molecule has 1 aliphatic rings. The van der Waals surface area contributed by atoms with E-state index < -0.39 is 6.17 Å². The van der Waals surface area contributed by atoms with Gasteiger partial charge in [0, 0.05) is 0 Å². The summed E-state index contributed by atoms with van der Waals surface area (Å²) in [5, 5.41) is 3.26. The molecule has 0 spiro atoms. The van der Waals surface area contributed by atoms with Crippen LogP contribution in [0.5, 0.6) is 0 Å². The van der Waals surface area contributed by atoms with E-state index in [0.717, 1.165) is 25.9 Å². The fraction of sp³-hybridized carbons (Fsp3) is 1.00. The molecule has 1 heterocycles. The minimum absolute atomic E-state index is 0.171. The molecular weight excluding hydrogens is 155 g/mol. The first-order valence-corrected chi connectivity index (χ1v) is 4.80. The quantitative estimate of drug-likeness (QED) is 0.665. The molecule has 3 heteroatoms. The molecule has 1 aliphatic heterocycles. The van der Waals surface area contributed by atoms with Gasteiger partial charge in [-0.2, -0.15) is 0 Å². The highest BCUT2D eigenvalue weighted by Crippen LogP contribution is 2.26. The van der Waals surface area contributed by atoms with E-state index in [1.807, 2.05) is 0 Å². The van der Waals surface area contributed by atoms with Crippen LogP contribution in [-0.4, -0.2) is 25.8 Å². The van der Waals surface area contributed by atoms with Gasteiger partial charge in [0.2, 0.25) is 0 Å². The number of nitrogens with two attached hydrogens (primary N) is 1. The Hall–Kier alpha value is -0.150. The summed E-state index contributed by atoms with van der Waals surface area (Å²) in [6.07, 6.45) is 1.22. The van der Waals surface area contributed by atoms with E-state index >= 15 is 0 Å². The Labute approximate surface area is 73.7 Å². The molecule has 3 atom stereocenters.